The summed E-state index contributed by atoms with van der Waals surface area (Å²) in [5.41, 5.74) is 2.02. The first-order valence-corrected chi connectivity index (χ1v) is 5.85. The molecular formula is C9H11ClN4S. The Hall–Kier alpha value is -1.07. The topological polar surface area (TPSA) is 42.7 Å². The van der Waals surface area contributed by atoms with Gasteiger partial charge in [0.05, 0.1) is 11.4 Å². The van der Waals surface area contributed by atoms with Crippen LogP contribution in [0.5, 0.6) is 0 Å². The summed E-state index contributed by atoms with van der Waals surface area (Å²) in [5.74, 6) is 0. The molecule has 0 aliphatic rings. The van der Waals surface area contributed by atoms with Crippen molar-refractivity contribution in [2.75, 3.05) is 5.32 Å². The van der Waals surface area contributed by atoms with Gasteiger partial charge in [0, 0.05) is 18.6 Å². The zero-order valence-corrected chi connectivity index (χ0v) is 10.1. The second-order valence-corrected chi connectivity index (χ2v) is 4.36. The van der Waals surface area contributed by atoms with Crippen LogP contribution in [0.25, 0.3) is 0 Å². The number of halogens is 1. The lowest BCUT2D eigenvalue weighted by atomic mass is 10.3. The number of hydrogen-bond acceptors (Lipinski definition) is 4. The number of aromatic nitrogens is 3. The summed E-state index contributed by atoms with van der Waals surface area (Å²) in [7, 11) is 1.90. The van der Waals surface area contributed by atoms with Gasteiger partial charge in [-0.15, -0.1) is 11.3 Å². The molecule has 1 N–H and O–H groups in total. The third kappa shape index (κ3) is 2.30. The lowest BCUT2D eigenvalue weighted by Crippen LogP contribution is -1.92. The van der Waals surface area contributed by atoms with Crippen molar-refractivity contribution in [2.24, 2.45) is 7.05 Å². The third-order valence-electron chi connectivity index (χ3n) is 1.96. The SMILES string of the molecule is CCc1nn(C)cc1Nc1nc(Cl)cs1. The van der Waals surface area contributed by atoms with Crippen LogP contribution in [0.15, 0.2) is 11.6 Å². The molecule has 2 heterocycles. The Bertz CT molecular complexity index is 462. The molecule has 0 aliphatic carbocycles. The van der Waals surface area contributed by atoms with Crippen molar-refractivity contribution >= 4 is 33.8 Å². The Morgan fingerprint density at radius 1 is 1.60 bits per heavy atom. The van der Waals surface area contributed by atoms with E-state index in [0.29, 0.717) is 5.15 Å². The van der Waals surface area contributed by atoms with Gasteiger partial charge in [-0.3, -0.25) is 4.68 Å². The average Bonchev–Trinajstić information content (AvgIpc) is 2.73. The summed E-state index contributed by atoms with van der Waals surface area (Å²) in [5, 5.41) is 10.6. The summed E-state index contributed by atoms with van der Waals surface area (Å²) >= 11 is 7.23. The molecule has 80 valence electrons. The molecule has 0 aromatic carbocycles. The fourth-order valence-electron chi connectivity index (χ4n) is 1.33. The molecule has 0 fully saturated rings. The highest BCUT2D eigenvalue weighted by molar-refractivity contribution is 7.14. The maximum absolute atomic E-state index is 5.74. The zero-order chi connectivity index (χ0) is 10.8. The monoisotopic (exact) mass is 242 g/mol. The van der Waals surface area contributed by atoms with Crippen molar-refractivity contribution in [2.45, 2.75) is 13.3 Å². The van der Waals surface area contributed by atoms with Crippen LogP contribution in [-0.2, 0) is 13.5 Å². The molecule has 4 nitrogen and oxygen atoms in total. The van der Waals surface area contributed by atoms with Gasteiger partial charge >= 0.3 is 0 Å². The Morgan fingerprint density at radius 2 is 2.40 bits per heavy atom. The summed E-state index contributed by atoms with van der Waals surface area (Å²) in [6, 6.07) is 0. The third-order valence-corrected chi connectivity index (χ3v) is 3.04. The standard InChI is InChI=1S/C9H11ClN4S/c1-3-6-7(4-14(2)13-6)11-9-12-8(10)5-15-9/h4-5H,3H2,1-2H3,(H,11,12). The summed E-state index contributed by atoms with van der Waals surface area (Å²) in [6.45, 7) is 2.07. The molecule has 6 heteroatoms. The largest absolute Gasteiger partial charge is 0.329 e. The minimum Gasteiger partial charge on any atom is -0.329 e. The highest BCUT2D eigenvalue weighted by Gasteiger charge is 2.07. The molecule has 0 radical (unpaired) electrons. The van der Waals surface area contributed by atoms with Gasteiger partial charge in [-0.05, 0) is 6.42 Å². The van der Waals surface area contributed by atoms with Gasteiger partial charge in [-0.25, -0.2) is 4.98 Å². The zero-order valence-electron chi connectivity index (χ0n) is 8.49. The van der Waals surface area contributed by atoms with Crippen LogP contribution in [0.4, 0.5) is 10.8 Å². The quantitative estimate of drug-likeness (QED) is 0.900. The van der Waals surface area contributed by atoms with Crippen molar-refractivity contribution in [3.63, 3.8) is 0 Å². The van der Waals surface area contributed by atoms with Gasteiger partial charge in [0.25, 0.3) is 0 Å². The molecule has 0 spiro atoms. The number of thiazole rings is 1. The second kappa shape index (κ2) is 4.20. The molecule has 0 atom stereocenters. The van der Waals surface area contributed by atoms with Gasteiger partial charge in [-0.1, -0.05) is 18.5 Å². The Labute approximate surface area is 96.9 Å². The maximum Gasteiger partial charge on any atom is 0.188 e. The first kappa shape index (κ1) is 10.4. The molecule has 15 heavy (non-hydrogen) atoms. The van der Waals surface area contributed by atoms with E-state index in [-0.39, 0.29) is 0 Å². The molecule has 2 aromatic rings. The normalized spacial score (nSPS) is 10.6. The Morgan fingerprint density at radius 3 is 3.00 bits per heavy atom. The maximum atomic E-state index is 5.74. The van der Waals surface area contributed by atoms with E-state index in [0.717, 1.165) is 22.9 Å². The van der Waals surface area contributed by atoms with Crippen LogP contribution >= 0.6 is 22.9 Å². The van der Waals surface area contributed by atoms with Gasteiger partial charge < -0.3 is 5.32 Å². The first-order valence-electron chi connectivity index (χ1n) is 4.59. The van der Waals surface area contributed by atoms with Crippen molar-refractivity contribution in [1.29, 1.82) is 0 Å². The molecule has 0 saturated carbocycles. The lowest BCUT2D eigenvalue weighted by molar-refractivity contribution is 0.746. The molecule has 2 rings (SSSR count). The van der Waals surface area contributed by atoms with Crippen molar-refractivity contribution in [3.8, 4) is 0 Å². The summed E-state index contributed by atoms with van der Waals surface area (Å²) in [6.07, 6.45) is 2.83. The highest BCUT2D eigenvalue weighted by Crippen LogP contribution is 2.24. The lowest BCUT2D eigenvalue weighted by Gasteiger charge is -1.99. The Balaban J connectivity index is 2.23. The molecule has 0 unspecified atom stereocenters. The van der Waals surface area contributed by atoms with Gasteiger partial charge in [0.15, 0.2) is 5.13 Å². The van der Waals surface area contributed by atoms with Crippen LogP contribution in [0.2, 0.25) is 5.15 Å². The smallest absolute Gasteiger partial charge is 0.188 e. The van der Waals surface area contributed by atoms with Crippen LogP contribution in [0, 0.1) is 0 Å². The van der Waals surface area contributed by atoms with Crippen LogP contribution in [0.3, 0.4) is 0 Å². The van der Waals surface area contributed by atoms with Crippen LogP contribution in [-0.4, -0.2) is 14.8 Å². The average molecular weight is 243 g/mol. The molecule has 2 aromatic heterocycles. The number of aryl methyl sites for hydroxylation is 2. The molecular weight excluding hydrogens is 232 g/mol. The number of rotatable bonds is 3. The van der Waals surface area contributed by atoms with E-state index < -0.39 is 0 Å². The van der Waals surface area contributed by atoms with Crippen molar-refractivity contribution in [3.05, 3.63) is 22.4 Å². The van der Waals surface area contributed by atoms with E-state index >= 15 is 0 Å². The summed E-state index contributed by atoms with van der Waals surface area (Å²) in [4.78, 5) is 4.13. The fraction of sp³-hybridized carbons (Fsp3) is 0.333. The van der Waals surface area contributed by atoms with Crippen LogP contribution in [0.1, 0.15) is 12.6 Å². The second-order valence-electron chi connectivity index (χ2n) is 3.12. The molecule has 0 aliphatic heterocycles. The van der Waals surface area contributed by atoms with E-state index in [1.165, 1.54) is 11.3 Å². The number of hydrogen-bond donors (Lipinski definition) is 1. The van der Waals surface area contributed by atoms with Crippen LogP contribution < -0.4 is 5.32 Å². The molecule has 0 bridgehead atoms. The highest BCUT2D eigenvalue weighted by atomic mass is 35.5. The first-order chi connectivity index (χ1) is 7.19. The van der Waals surface area contributed by atoms with Gasteiger partial charge in [0.2, 0.25) is 0 Å². The number of anilines is 2. The molecule has 0 amide bonds. The fourth-order valence-corrected chi connectivity index (χ4v) is 2.18. The van der Waals surface area contributed by atoms with E-state index in [4.69, 9.17) is 11.6 Å². The van der Waals surface area contributed by atoms with Gasteiger partial charge in [0.1, 0.15) is 5.15 Å². The summed E-state index contributed by atoms with van der Waals surface area (Å²) < 4.78 is 1.79. The van der Waals surface area contributed by atoms with E-state index in [1.54, 1.807) is 10.1 Å². The van der Waals surface area contributed by atoms with E-state index in [1.807, 2.05) is 13.2 Å². The van der Waals surface area contributed by atoms with Crippen molar-refractivity contribution in [1.82, 2.24) is 14.8 Å². The predicted molar refractivity (Wildman–Crippen MR) is 63.0 cm³/mol. The van der Waals surface area contributed by atoms with Crippen molar-refractivity contribution < 1.29 is 0 Å². The minimum absolute atomic E-state index is 0.518. The minimum atomic E-state index is 0.518. The Kier molecular flexibility index (Phi) is 2.93. The number of nitrogens with zero attached hydrogens (tertiary/aromatic N) is 3. The van der Waals surface area contributed by atoms with E-state index in [9.17, 15) is 0 Å². The number of nitrogens with one attached hydrogen (secondary N) is 1. The molecule has 0 saturated heterocycles. The van der Waals surface area contributed by atoms with E-state index in [2.05, 4.69) is 22.3 Å². The van der Waals surface area contributed by atoms with Gasteiger partial charge in [-0.2, -0.15) is 5.10 Å². The predicted octanol–water partition coefficient (Wildman–Crippen LogP) is 2.84.